The van der Waals surface area contributed by atoms with Gasteiger partial charge in [-0.05, 0) is 25.2 Å². The Hall–Kier alpha value is -1.59. The number of ether oxygens (including phenoxy) is 3. The van der Waals surface area contributed by atoms with E-state index in [1.165, 1.54) is 199 Å². The quantitative estimate of drug-likeness (QED) is 0.0345. The Bertz CT molecular complexity index is 903. The van der Waals surface area contributed by atoms with Crippen LogP contribution in [0, 0.1) is 5.92 Å². The molecule has 0 amide bonds. The van der Waals surface area contributed by atoms with Crippen molar-refractivity contribution in [1.29, 1.82) is 0 Å². The highest BCUT2D eigenvalue weighted by molar-refractivity contribution is 5.71. The maximum atomic E-state index is 12.8. The normalized spacial score (nSPS) is 11.9. The first kappa shape index (κ1) is 58.4. The van der Waals surface area contributed by atoms with E-state index in [0.717, 1.165) is 63.7 Å². The van der Waals surface area contributed by atoms with Gasteiger partial charge >= 0.3 is 17.9 Å². The third-order valence-corrected chi connectivity index (χ3v) is 12.3. The van der Waals surface area contributed by atoms with E-state index < -0.39 is 6.10 Å². The number of esters is 3. The summed E-state index contributed by atoms with van der Waals surface area (Å²) in [6.45, 7) is 9.02. The van der Waals surface area contributed by atoms with E-state index in [1.807, 2.05) is 0 Å². The van der Waals surface area contributed by atoms with Gasteiger partial charge in [0.25, 0.3) is 0 Å². The second-order valence-electron chi connectivity index (χ2n) is 19.0. The van der Waals surface area contributed by atoms with Gasteiger partial charge in [0.1, 0.15) is 13.2 Å². The van der Waals surface area contributed by atoms with Crippen molar-refractivity contribution in [3.63, 3.8) is 0 Å². The molecule has 0 unspecified atom stereocenters. The Labute approximate surface area is 374 Å². The predicted molar refractivity (Wildman–Crippen MR) is 257 cm³/mol. The summed E-state index contributed by atoms with van der Waals surface area (Å²) < 4.78 is 16.8. The minimum absolute atomic E-state index is 0.0626. The molecule has 0 aromatic heterocycles. The van der Waals surface area contributed by atoms with Gasteiger partial charge in [0.05, 0.1) is 0 Å². The van der Waals surface area contributed by atoms with Crippen molar-refractivity contribution in [2.75, 3.05) is 13.2 Å². The molecule has 0 rings (SSSR count). The third kappa shape index (κ3) is 47.5. The van der Waals surface area contributed by atoms with E-state index in [2.05, 4.69) is 27.7 Å². The predicted octanol–water partition coefficient (Wildman–Crippen LogP) is 17.5. The van der Waals surface area contributed by atoms with Crippen LogP contribution < -0.4 is 0 Å². The third-order valence-electron chi connectivity index (χ3n) is 12.3. The number of carbonyl (C=O) groups is 3. The lowest BCUT2D eigenvalue weighted by molar-refractivity contribution is -0.167. The number of hydrogen-bond donors (Lipinski definition) is 0. The summed E-state index contributed by atoms with van der Waals surface area (Å²) in [5, 5.41) is 0. The Morgan fingerprint density at radius 2 is 0.550 bits per heavy atom. The number of carbonyl (C=O) groups excluding carboxylic acids is 3. The molecule has 1 atom stereocenters. The van der Waals surface area contributed by atoms with Gasteiger partial charge in [0, 0.05) is 19.3 Å². The molecular weight excluding hydrogens is 745 g/mol. The zero-order valence-electron chi connectivity index (χ0n) is 40.9. The standard InChI is InChI=1S/C54H104O6/c1-5-7-9-11-13-15-17-19-20-21-22-24-25-29-33-37-41-45-52(55)58-48-51(49-59-53(56)46-42-38-34-31-27-28-32-36-40-44-50(3)4)60-54(57)47-43-39-35-30-26-23-18-16-14-12-10-8-6-2/h50-51H,5-49H2,1-4H3/t51-/m1/s1. The number of hydrogen-bond acceptors (Lipinski definition) is 6. The van der Waals surface area contributed by atoms with E-state index >= 15 is 0 Å². The second-order valence-corrected chi connectivity index (χ2v) is 19.0. The van der Waals surface area contributed by atoms with Gasteiger partial charge < -0.3 is 14.2 Å². The van der Waals surface area contributed by atoms with Gasteiger partial charge in [-0.15, -0.1) is 0 Å². The van der Waals surface area contributed by atoms with Crippen LogP contribution in [-0.4, -0.2) is 37.2 Å². The molecule has 6 heteroatoms. The van der Waals surface area contributed by atoms with E-state index in [0.29, 0.717) is 19.3 Å². The molecule has 0 heterocycles. The Morgan fingerprint density at radius 1 is 0.317 bits per heavy atom. The van der Waals surface area contributed by atoms with Crippen LogP contribution in [0.3, 0.4) is 0 Å². The molecule has 356 valence electrons. The van der Waals surface area contributed by atoms with Crippen molar-refractivity contribution in [3.05, 3.63) is 0 Å². The maximum absolute atomic E-state index is 12.8. The fourth-order valence-corrected chi connectivity index (χ4v) is 8.22. The van der Waals surface area contributed by atoms with Crippen molar-refractivity contribution >= 4 is 17.9 Å². The molecule has 0 radical (unpaired) electrons. The van der Waals surface area contributed by atoms with Crippen LogP contribution in [-0.2, 0) is 28.6 Å². The monoisotopic (exact) mass is 849 g/mol. The van der Waals surface area contributed by atoms with Crippen molar-refractivity contribution in [2.45, 2.75) is 310 Å². The molecule has 0 N–H and O–H groups in total. The highest BCUT2D eigenvalue weighted by Gasteiger charge is 2.19. The summed E-state index contributed by atoms with van der Waals surface area (Å²) in [5.74, 6) is -0.0340. The second kappa shape index (κ2) is 48.4. The van der Waals surface area contributed by atoms with Gasteiger partial charge in [-0.3, -0.25) is 14.4 Å². The molecule has 0 saturated carbocycles. The first-order chi connectivity index (χ1) is 29.4. The maximum Gasteiger partial charge on any atom is 0.306 e. The summed E-state index contributed by atoms with van der Waals surface area (Å²) in [7, 11) is 0. The van der Waals surface area contributed by atoms with Gasteiger partial charge in [0.15, 0.2) is 6.10 Å². The van der Waals surface area contributed by atoms with Crippen LogP contribution >= 0.6 is 0 Å². The lowest BCUT2D eigenvalue weighted by atomic mass is 10.0. The highest BCUT2D eigenvalue weighted by atomic mass is 16.6. The zero-order chi connectivity index (χ0) is 43.8. The molecule has 0 fully saturated rings. The summed E-state index contributed by atoms with van der Waals surface area (Å²) in [4.78, 5) is 38.0. The van der Waals surface area contributed by atoms with E-state index in [4.69, 9.17) is 14.2 Å². The molecule has 0 saturated heterocycles. The van der Waals surface area contributed by atoms with Gasteiger partial charge in [-0.2, -0.15) is 0 Å². The van der Waals surface area contributed by atoms with Crippen molar-refractivity contribution in [1.82, 2.24) is 0 Å². The van der Waals surface area contributed by atoms with E-state index in [9.17, 15) is 14.4 Å². The van der Waals surface area contributed by atoms with Crippen LogP contribution in [0.2, 0.25) is 0 Å². The first-order valence-electron chi connectivity index (χ1n) is 26.9. The minimum Gasteiger partial charge on any atom is -0.462 e. The number of unbranched alkanes of at least 4 members (excludes halogenated alkanes) is 36. The Balaban J connectivity index is 4.28. The number of rotatable bonds is 49. The fraction of sp³-hybridized carbons (Fsp3) is 0.944. The van der Waals surface area contributed by atoms with E-state index in [-0.39, 0.29) is 31.1 Å². The Morgan fingerprint density at radius 3 is 0.817 bits per heavy atom. The molecule has 0 aliphatic carbocycles. The van der Waals surface area contributed by atoms with Crippen LogP contribution in [0.25, 0.3) is 0 Å². The fourth-order valence-electron chi connectivity index (χ4n) is 8.22. The van der Waals surface area contributed by atoms with Crippen LogP contribution in [0.4, 0.5) is 0 Å². The minimum atomic E-state index is -0.761. The van der Waals surface area contributed by atoms with Crippen molar-refractivity contribution < 1.29 is 28.6 Å². The lowest BCUT2D eigenvalue weighted by Gasteiger charge is -2.18. The van der Waals surface area contributed by atoms with Gasteiger partial charge in [-0.1, -0.05) is 265 Å². The SMILES string of the molecule is CCCCCCCCCCCCCCCCCCCC(=O)OC[C@H](COC(=O)CCCCCCCCCCCC(C)C)OC(=O)CCCCCCCCCCCCCCC. The molecule has 0 aromatic rings. The van der Waals surface area contributed by atoms with Crippen LogP contribution in [0.1, 0.15) is 304 Å². The molecular formula is C54H104O6. The van der Waals surface area contributed by atoms with Crippen molar-refractivity contribution in [2.24, 2.45) is 5.92 Å². The largest absolute Gasteiger partial charge is 0.462 e. The van der Waals surface area contributed by atoms with Gasteiger partial charge in [-0.25, -0.2) is 0 Å². The van der Waals surface area contributed by atoms with Gasteiger partial charge in [0.2, 0.25) is 0 Å². The smallest absolute Gasteiger partial charge is 0.306 e. The summed E-state index contributed by atoms with van der Waals surface area (Å²) in [6.07, 6.45) is 50.9. The molecule has 60 heavy (non-hydrogen) atoms. The molecule has 0 aliphatic heterocycles. The highest BCUT2D eigenvalue weighted by Crippen LogP contribution is 2.17. The Kier molecular flexibility index (Phi) is 47.2. The molecule has 0 aliphatic rings. The molecule has 0 spiro atoms. The summed E-state index contributed by atoms with van der Waals surface area (Å²) in [6, 6.07) is 0. The first-order valence-corrected chi connectivity index (χ1v) is 26.9. The zero-order valence-corrected chi connectivity index (χ0v) is 40.9. The summed E-state index contributed by atoms with van der Waals surface area (Å²) in [5.41, 5.74) is 0. The lowest BCUT2D eigenvalue weighted by Crippen LogP contribution is -2.30. The topological polar surface area (TPSA) is 78.9 Å². The summed E-state index contributed by atoms with van der Waals surface area (Å²) >= 11 is 0. The molecule has 0 bridgehead atoms. The van der Waals surface area contributed by atoms with Crippen molar-refractivity contribution in [3.8, 4) is 0 Å². The molecule has 0 aromatic carbocycles. The average Bonchev–Trinajstić information content (AvgIpc) is 3.23. The molecule has 6 nitrogen and oxygen atoms in total. The van der Waals surface area contributed by atoms with Crippen LogP contribution in [0.5, 0.6) is 0 Å². The van der Waals surface area contributed by atoms with Crippen LogP contribution in [0.15, 0.2) is 0 Å². The van der Waals surface area contributed by atoms with E-state index in [1.54, 1.807) is 0 Å². The average molecular weight is 849 g/mol.